The maximum atomic E-state index is 13.0. The molecule has 1 aromatic carbocycles. The maximum Gasteiger partial charge on any atom is 0.248 e. The van der Waals surface area contributed by atoms with Gasteiger partial charge in [-0.2, -0.15) is 0 Å². The zero-order valence-corrected chi connectivity index (χ0v) is 20.9. The van der Waals surface area contributed by atoms with Crippen molar-refractivity contribution in [2.75, 3.05) is 7.05 Å². The molecule has 174 valence electrons. The average molecular weight is 463 g/mol. The second-order valence-corrected chi connectivity index (χ2v) is 9.37. The van der Waals surface area contributed by atoms with Gasteiger partial charge in [-0.3, -0.25) is 9.78 Å². The molecular formula is C27H34N4OS. The van der Waals surface area contributed by atoms with E-state index in [4.69, 9.17) is 0 Å². The Morgan fingerprint density at radius 2 is 2.03 bits per heavy atom. The van der Waals surface area contributed by atoms with E-state index in [1.165, 1.54) is 5.57 Å². The second-order valence-electron chi connectivity index (χ2n) is 8.25. The summed E-state index contributed by atoms with van der Waals surface area (Å²) in [5.74, 6) is -0.0422. The first-order valence-corrected chi connectivity index (χ1v) is 12.3. The van der Waals surface area contributed by atoms with E-state index in [-0.39, 0.29) is 17.3 Å². The van der Waals surface area contributed by atoms with Gasteiger partial charge in [0, 0.05) is 23.7 Å². The van der Waals surface area contributed by atoms with Crippen LogP contribution in [0.2, 0.25) is 0 Å². The van der Waals surface area contributed by atoms with Crippen LogP contribution in [0.15, 0.2) is 66.5 Å². The number of benzene rings is 1. The minimum atomic E-state index is -0.387. The number of carbonyl (C=O) groups excluding carboxylic acids is 1. The highest BCUT2D eigenvalue weighted by Crippen LogP contribution is 2.34. The summed E-state index contributed by atoms with van der Waals surface area (Å²) in [6.45, 7) is 8.88. The Morgan fingerprint density at radius 3 is 2.67 bits per heavy atom. The van der Waals surface area contributed by atoms with Crippen molar-refractivity contribution in [1.29, 1.82) is 0 Å². The number of aryl methyl sites for hydroxylation is 1. The quantitative estimate of drug-likeness (QED) is 0.457. The summed E-state index contributed by atoms with van der Waals surface area (Å²) in [5, 5.41) is 9.10. The van der Waals surface area contributed by atoms with Gasteiger partial charge >= 0.3 is 0 Å². The molecule has 1 aromatic heterocycles. The third kappa shape index (κ3) is 6.59. The molecular weight excluding hydrogens is 428 g/mol. The van der Waals surface area contributed by atoms with Crippen molar-refractivity contribution < 1.29 is 4.79 Å². The van der Waals surface area contributed by atoms with E-state index < -0.39 is 0 Å². The van der Waals surface area contributed by atoms with Gasteiger partial charge in [0.05, 0.1) is 5.69 Å². The molecule has 0 saturated heterocycles. The monoisotopic (exact) mass is 462 g/mol. The SMILES string of the molecule is CCC(C)=C(SC(NC)C(=O)NCc1cnc(C2=CC(C)NC=C2)c(C)c1)c1ccccc1. The molecule has 0 spiro atoms. The number of hydrogen-bond donors (Lipinski definition) is 3. The molecule has 0 saturated carbocycles. The van der Waals surface area contributed by atoms with E-state index in [1.54, 1.807) is 11.8 Å². The van der Waals surface area contributed by atoms with Crippen LogP contribution >= 0.6 is 11.8 Å². The van der Waals surface area contributed by atoms with Gasteiger partial charge in [0.15, 0.2) is 0 Å². The molecule has 1 aliphatic rings. The summed E-state index contributed by atoms with van der Waals surface area (Å²) < 4.78 is 0. The van der Waals surface area contributed by atoms with E-state index >= 15 is 0 Å². The van der Waals surface area contributed by atoms with Crippen LogP contribution in [0.1, 0.15) is 49.6 Å². The fourth-order valence-corrected chi connectivity index (χ4v) is 4.82. The fraction of sp³-hybridized carbons (Fsp3) is 0.333. The van der Waals surface area contributed by atoms with E-state index in [0.29, 0.717) is 6.54 Å². The largest absolute Gasteiger partial charge is 0.385 e. The molecule has 1 aliphatic heterocycles. The van der Waals surface area contributed by atoms with Gasteiger partial charge in [0.1, 0.15) is 5.37 Å². The molecule has 1 amide bonds. The first-order chi connectivity index (χ1) is 15.9. The number of rotatable bonds is 9. The Kier molecular flexibility index (Phi) is 8.92. The Labute approximate surface area is 201 Å². The number of aromatic nitrogens is 1. The van der Waals surface area contributed by atoms with Gasteiger partial charge in [0.2, 0.25) is 5.91 Å². The highest BCUT2D eigenvalue weighted by atomic mass is 32.2. The molecule has 2 atom stereocenters. The number of allylic oxidation sites excluding steroid dienone is 3. The lowest BCUT2D eigenvalue weighted by Crippen LogP contribution is -2.40. The fourth-order valence-electron chi connectivity index (χ4n) is 3.66. The molecule has 5 nitrogen and oxygen atoms in total. The topological polar surface area (TPSA) is 66.0 Å². The van der Waals surface area contributed by atoms with Crippen molar-refractivity contribution in [3.05, 3.63) is 88.9 Å². The van der Waals surface area contributed by atoms with Crippen LogP contribution in [0.5, 0.6) is 0 Å². The Bertz CT molecular complexity index is 1060. The zero-order chi connectivity index (χ0) is 23.8. The normalized spacial score (nSPS) is 17.0. The number of hydrogen-bond acceptors (Lipinski definition) is 5. The highest BCUT2D eigenvalue weighted by Gasteiger charge is 2.21. The van der Waals surface area contributed by atoms with Crippen molar-refractivity contribution in [2.45, 2.75) is 52.1 Å². The molecule has 3 rings (SSSR count). The van der Waals surface area contributed by atoms with E-state index in [2.05, 4.69) is 72.9 Å². The summed E-state index contributed by atoms with van der Waals surface area (Å²) >= 11 is 1.56. The zero-order valence-electron chi connectivity index (χ0n) is 20.1. The average Bonchev–Trinajstić information content (AvgIpc) is 2.83. The lowest BCUT2D eigenvalue weighted by atomic mass is 10.0. The van der Waals surface area contributed by atoms with Crippen LogP contribution in [0, 0.1) is 6.92 Å². The molecule has 33 heavy (non-hydrogen) atoms. The number of dihydropyridines is 1. The van der Waals surface area contributed by atoms with Crippen LogP contribution in [0.3, 0.4) is 0 Å². The molecule has 2 unspecified atom stereocenters. The van der Waals surface area contributed by atoms with Crippen molar-refractivity contribution >= 4 is 28.1 Å². The molecule has 0 fully saturated rings. The first kappa shape index (κ1) is 24.8. The summed E-state index contributed by atoms with van der Waals surface area (Å²) in [7, 11) is 1.82. The van der Waals surface area contributed by atoms with Crippen LogP contribution in [0.25, 0.3) is 10.5 Å². The summed E-state index contributed by atoms with van der Waals surface area (Å²) in [6.07, 6.45) is 8.96. The Balaban J connectivity index is 1.67. The molecule has 0 bridgehead atoms. The van der Waals surface area contributed by atoms with Gasteiger partial charge in [-0.15, -0.1) is 0 Å². The number of thioether (sulfide) groups is 1. The van der Waals surface area contributed by atoms with Gasteiger partial charge in [0.25, 0.3) is 0 Å². The van der Waals surface area contributed by atoms with Crippen LogP contribution < -0.4 is 16.0 Å². The first-order valence-electron chi connectivity index (χ1n) is 11.4. The molecule has 0 radical (unpaired) electrons. The predicted octanol–water partition coefficient (Wildman–Crippen LogP) is 5.01. The van der Waals surface area contributed by atoms with Crippen LogP contribution in [-0.4, -0.2) is 29.4 Å². The predicted molar refractivity (Wildman–Crippen MR) is 140 cm³/mol. The van der Waals surface area contributed by atoms with Crippen molar-refractivity contribution in [3.8, 4) is 0 Å². The third-order valence-corrected chi connectivity index (χ3v) is 7.12. The minimum Gasteiger partial charge on any atom is -0.385 e. The number of nitrogens with zero attached hydrogens (tertiary/aromatic N) is 1. The molecule has 0 aliphatic carbocycles. The van der Waals surface area contributed by atoms with Gasteiger partial charge in [-0.05, 0) is 68.8 Å². The maximum absolute atomic E-state index is 13.0. The number of likely N-dealkylation sites (N-methyl/N-ethyl adjacent to an activating group) is 1. The molecule has 6 heteroatoms. The van der Waals surface area contributed by atoms with Crippen molar-refractivity contribution in [1.82, 2.24) is 20.9 Å². The summed E-state index contributed by atoms with van der Waals surface area (Å²) in [6, 6.07) is 12.6. The summed E-state index contributed by atoms with van der Waals surface area (Å²) in [5.41, 5.74) is 6.59. The van der Waals surface area contributed by atoms with Crippen LogP contribution in [0.4, 0.5) is 0 Å². The van der Waals surface area contributed by atoms with Gasteiger partial charge < -0.3 is 16.0 Å². The second kappa shape index (κ2) is 11.9. The molecule has 2 aromatic rings. The highest BCUT2D eigenvalue weighted by molar-refractivity contribution is 8.09. The standard InChI is InChI=1S/C27H34N4OS/c1-6-18(2)25(22-10-8-7-9-11-22)33-27(28-5)26(32)31-17-21-14-19(3)24(30-16-21)23-12-13-29-20(4)15-23/h7-16,20,27-29H,6,17H2,1-5H3,(H,31,32). The lowest BCUT2D eigenvalue weighted by molar-refractivity contribution is -0.121. The number of amides is 1. The van der Waals surface area contributed by atoms with Crippen molar-refractivity contribution in [2.24, 2.45) is 0 Å². The van der Waals surface area contributed by atoms with E-state index in [0.717, 1.165) is 39.3 Å². The van der Waals surface area contributed by atoms with Gasteiger partial charge in [-0.25, -0.2) is 0 Å². The van der Waals surface area contributed by atoms with Gasteiger partial charge in [-0.1, -0.05) is 66.7 Å². The number of pyridine rings is 1. The molecule has 2 heterocycles. The Morgan fingerprint density at radius 1 is 1.27 bits per heavy atom. The van der Waals surface area contributed by atoms with Crippen molar-refractivity contribution in [3.63, 3.8) is 0 Å². The van der Waals surface area contributed by atoms with E-state index in [1.807, 2.05) is 43.7 Å². The minimum absolute atomic E-state index is 0.0422. The third-order valence-electron chi connectivity index (χ3n) is 5.62. The smallest absolute Gasteiger partial charge is 0.248 e. The molecule has 3 N–H and O–H groups in total. The lowest BCUT2D eigenvalue weighted by Gasteiger charge is -2.20. The Hall–Kier alpha value is -2.83. The van der Waals surface area contributed by atoms with E-state index in [9.17, 15) is 4.79 Å². The number of carbonyl (C=O) groups is 1. The number of nitrogens with one attached hydrogen (secondary N) is 3. The van der Waals surface area contributed by atoms with Crippen LogP contribution in [-0.2, 0) is 11.3 Å². The summed E-state index contributed by atoms with van der Waals surface area (Å²) in [4.78, 5) is 18.8.